The number of hydrogen-bond acceptors (Lipinski definition) is 3. The van der Waals surface area contributed by atoms with E-state index in [9.17, 15) is 18.4 Å². The van der Waals surface area contributed by atoms with Crippen LogP contribution in [0.3, 0.4) is 0 Å². The minimum absolute atomic E-state index is 0.0911. The smallest absolute Gasteiger partial charge is 0.277 e. The molecule has 3 N–H and O–H groups in total. The van der Waals surface area contributed by atoms with Crippen molar-refractivity contribution in [2.45, 2.75) is 19.3 Å². The second-order valence-corrected chi connectivity index (χ2v) is 4.11. The van der Waals surface area contributed by atoms with Crippen molar-refractivity contribution in [2.75, 3.05) is 26.2 Å². The molecule has 0 aromatic rings. The summed E-state index contributed by atoms with van der Waals surface area (Å²) in [5.74, 6) is -4.25. The minimum atomic E-state index is -3.09. The van der Waals surface area contributed by atoms with E-state index in [1.54, 1.807) is 6.92 Å². The summed E-state index contributed by atoms with van der Waals surface area (Å²) in [5, 5.41) is 2.13. The van der Waals surface area contributed by atoms with Crippen molar-refractivity contribution in [3.63, 3.8) is 0 Å². The van der Waals surface area contributed by atoms with Gasteiger partial charge in [-0.1, -0.05) is 0 Å². The molecule has 0 aromatic heterocycles. The molecule has 0 aliphatic carbocycles. The molecule has 17 heavy (non-hydrogen) atoms. The number of amides is 2. The van der Waals surface area contributed by atoms with Gasteiger partial charge in [0.15, 0.2) is 0 Å². The van der Waals surface area contributed by atoms with Crippen LogP contribution in [0.2, 0.25) is 0 Å². The Morgan fingerprint density at radius 1 is 1.65 bits per heavy atom. The van der Waals surface area contributed by atoms with E-state index in [0.29, 0.717) is 13.1 Å². The predicted molar refractivity (Wildman–Crippen MR) is 57.4 cm³/mol. The van der Waals surface area contributed by atoms with Crippen LogP contribution in [-0.2, 0) is 9.59 Å². The van der Waals surface area contributed by atoms with E-state index in [-0.39, 0.29) is 12.3 Å². The summed E-state index contributed by atoms with van der Waals surface area (Å²) in [6.07, 6.45) is 0.0911. The van der Waals surface area contributed by atoms with E-state index in [0.717, 1.165) is 0 Å². The van der Waals surface area contributed by atoms with Crippen LogP contribution < -0.4 is 11.1 Å². The SMILES string of the molecule is CCN1CC(C(=O)NCC(F)(F)CN)CC1=O. The van der Waals surface area contributed by atoms with Crippen LogP contribution >= 0.6 is 0 Å². The van der Waals surface area contributed by atoms with Gasteiger partial charge in [0.05, 0.1) is 19.0 Å². The fraction of sp³-hybridized carbons (Fsp3) is 0.800. The number of halogens is 2. The summed E-state index contributed by atoms with van der Waals surface area (Å²) in [5.41, 5.74) is 4.85. The molecule has 2 amide bonds. The molecule has 5 nitrogen and oxygen atoms in total. The average Bonchev–Trinajstić information content (AvgIpc) is 2.67. The Labute approximate surface area is 98.3 Å². The fourth-order valence-electron chi connectivity index (χ4n) is 1.69. The van der Waals surface area contributed by atoms with Gasteiger partial charge in [0, 0.05) is 19.5 Å². The van der Waals surface area contributed by atoms with Crippen molar-refractivity contribution in [3.05, 3.63) is 0 Å². The Balaban J connectivity index is 2.42. The van der Waals surface area contributed by atoms with Crippen molar-refractivity contribution < 1.29 is 18.4 Å². The molecule has 1 atom stereocenters. The number of alkyl halides is 2. The summed E-state index contributed by atoms with van der Waals surface area (Å²) in [4.78, 5) is 24.4. The molecule has 1 saturated heterocycles. The normalized spacial score (nSPS) is 20.8. The summed E-state index contributed by atoms with van der Waals surface area (Å²) >= 11 is 0. The third-order valence-electron chi connectivity index (χ3n) is 2.79. The van der Waals surface area contributed by atoms with Gasteiger partial charge in [-0.15, -0.1) is 0 Å². The zero-order valence-corrected chi connectivity index (χ0v) is 9.71. The van der Waals surface area contributed by atoms with Crippen molar-refractivity contribution in [2.24, 2.45) is 11.7 Å². The Hall–Kier alpha value is -1.24. The maximum Gasteiger partial charge on any atom is 0.277 e. The Morgan fingerprint density at radius 2 is 2.29 bits per heavy atom. The van der Waals surface area contributed by atoms with Crippen molar-refractivity contribution in [1.82, 2.24) is 10.2 Å². The number of likely N-dealkylation sites (tertiary alicyclic amines) is 1. The van der Waals surface area contributed by atoms with Crippen molar-refractivity contribution in [1.29, 1.82) is 0 Å². The van der Waals surface area contributed by atoms with E-state index in [4.69, 9.17) is 5.73 Å². The molecule has 1 fully saturated rings. The van der Waals surface area contributed by atoms with Gasteiger partial charge >= 0.3 is 0 Å². The average molecular weight is 249 g/mol. The van der Waals surface area contributed by atoms with Crippen molar-refractivity contribution in [3.8, 4) is 0 Å². The molecule has 0 spiro atoms. The topological polar surface area (TPSA) is 75.4 Å². The quantitative estimate of drug-likeness (QED) is 0.694. The summed E-state index contributed by atoms with van der Waals surface area (Å²) in [6.45, 7) is 1.05. The number of rotatable bonds is 5. The highest BCUT2D eigenvalue weighted by atomic mass is 19.3. The summed E-state index contributed by atoms with van der Waals surface area (Å²) < 4.78 is 25.6. The second-order valence-electron chi connectivity index (χ2n) is 4.11. The number of hydrogen-bond donors (Lipinski definition) is 2. The lowest BCUT2D eigenvalue weighted by molar-refractivity contribution is -0.129. The van der Waals surface area contributed by atoms with Gasteiger partial charge in [-0.05, 0) is 6.92 Å². The molecular weight excluding hydrogens is 232 g/mol. The van der Waals surface area contributed by atoms with Gasteiger partial charge in [0.2, 0.25) is 11.8 Å². The van der Waals surface area contributed by atoms with Gasteiger partial charge in [0.25, 0.3) is 5.92 Å². The first kappa shape index (κ1) is 13.8. The van der Waals surface area contributed by atoms with Crippen LogP contribution in [0.25, 0.3) is 0 Å². The van der Waals surface area contributed by atoms with Gasteiger partial charge in [-0.2, -0.15) is 0 Å². The van der Waals surface area contributed by atoms with Gasteiger partial charge in [0.1, 0.15) is 0 Å². The Kier molecular flexibility index (Phi) is 4.39. The van der Waals surface area contributed by atoms with E-state index < -0.39 is 30.8 Å². The molecule has 1 rings (SSSR count). The summed E-state index contributed by atoms with van der Waals surface area (Å²) in [6, 6.07) is 0. The maximum absolute atomic E-state index is 12.8. The Morgan fingerprint density at radius 3 is 2.76 bits per heavy atom. The molecule has 0 aromatic carbocycles. The van der Waals surface area contributed by atoms with Crippen LogP contribution in [0.15, 0.2) is 0 Å². The largest absolute Gasteiger partial charge is 0.350 e. The zero-order chi connectivity index (χ0) is 13.1. The van der Waals surface area contributed by atoms with E-state index in [1.807, 2.05) is 0 Å². The lowest BCUT2D eigenvalue weighted by Gasteiger charge is -2.17. The predicted octanol–water partition coefficient (Wildman–Crippen LogP) is -0.435. The molecule has 0 bridgehead atoms. The second kappa shape index (κ2) is 5.39. The highest BCUT2D eigenvalue weighted by Crippen LogP contribution is 2.18. The van der Waals surface area contributed by atoms with Gasteiger partial charge < -0.3 is 16.0 Å². The first-order chi connectivity index (χ1) is 7.89. The monoisotopic (exact) mass is 249 g/mol. The molecule has 0 radical (unpaired) electrons. The highest BCUT2D eigenvalue weighted by molar-refractivity contribution is 5.89. The molecule has 7 heteroatoms. The van der Waals surface area contributed by atoms with E-state index in [2.05, 4.69) is 5.32 Å². The number of carbonyl (C=O) groups is 2. The van der Waals surface area contributed by atoms with E-state index in [1.165, 1.54) is 4.90 Å². The van der Waals surface area contributed by atoms with Gasteiger partial charge in [-0.3, -0.25) is 9.59 Å². The summed E-state index contributed by atoms with van der Waals surface area (Å²) in [7, 11) is 0. The van der Waals surface area contributed by atoms with Crippen LogP contribution in [0.4, 0.5) is 8.78 Å². The van der Waals surface area contributed by atoms with Crippen LogP contribution in [-0.4, -0.2) is 48.8 Å². The van der Waals surface area contributed by atoms with Gasteiger partial charge in [-0.25, -0.2) is 8.78 Å². The molecule has 0 saturated carbocycles. The molecule has 1 heterocycles. The molecule has 1 aliphatic rings. The molecular formula is C10H17F2N3O2. The first-order valence-corrected chi connectivity index (χ1v) is 5.53. The zero-order valence-electron chi connectivity index (χ0n) is 9.71. The number of nitrogens with zero attached hydrogens (tertiary/aromatic N) is 1. The molecule has 1 unspecified atom stereocenters. The first-order valence-electron chi connectivity index (χ1n) is 5.53. The molecule has 98 valence electrons. The minimum Gasteiger partial charge on any atom is -0.350 e. The maximum atomic E-state index is 12.8. The lowest BCUT2D eigenvalue weighted by atomic mass is 10.1. The number of nitrogens with one attached hydrogen (secondary N) is 1. The third kappa shape index (κ3) is 3.62. The number of nitrogens with two attached hydrogens (primary N) is 1. The standard InChI is InChI=1S/C10H17F2N3O2/c1-2-15-4-7(3-8(15)16)9(17)14-6-10(11,12)5-13/h7H,2-6,13H2,1H3,(H,14,17). The fourth-order valence-corrected chi connectivity index (χ4v) is 1.69. The van der Waals surface area contributed by atoms with Crippen LogP contribution in [0.5, 0.6) is 0 Å². The highest BCUT2D eigenvalue weighted by Gasteiger charge is 2.35. The third-order valence-corrected chi connectivity index (χ3v) is 2.79. The van der Waals surface area contributed by atoms with Crippen molar-refractivity contribution >= 4 is 11.8 Å². The Bertz CT molecular complexity index is 310. The van der Waals surface area contributed by atoms with Crippen LogP contribution in [0.1, 0.15) is 13.3 Å². The van der Waals surface area contributed by atoms with Crippen LogP contribution in [0, 0.1) is 5.92 Å². The van der Waals surface area contributed by atoms with E-state index >= 15 is 0 Å². The number of carbonyl (C=O) groups excluding carboxylic acids is 2. The lowest BCUT2D eigenvalue weighted by Crippen LogP contribution is -2.43. The molecule has 1 aliphatic heterocycles.